The number of para-hydroxylation sites is 1. The van der Waals surface area contributed by atoms with Crippen LogP contribution in [0, 0.1) is 0 Å². The van der Waals surface area contributed by atoms with E-state index in [-0.39, 0.29) is 0 Å². The Bertz CT molecular complexity index is 650. The summed E-state index contributed by atoms with van der Waals surface area (Å²) in [5.41, 5.74) is 2.11. The van der Waals surface area contributed by atoms with Gasteiger partial charge in [-0.05, 0) is 18.2 Å². The number of halogens is 2. The highest BCUT2D eigenvalue weighted by atomic mass is 35.5. The number of hydrazone groups is 1. The lowest BCUT2D eigenvalue weighted by Crippen LogP contribution is -2.44. The number of piperazine rings is 1. The summed E-state index contributed by atoms with van der Waals surface area (Å²) in [4.78, 5) is 2.37. The highest BCUT2D eigenvalue weighted by Gasteiger charge is 2.15. The van der Waals surface area contributed by atoms with Crippen LogP contribution in [0.3, 0.4) is 0 Å². The first kappa shape index (κ1) is 15.2. The Kier molecular flexibility index (Phi) is 4.86. The van der Waals surface area contributed by atoms with E-state index in [0.717, 1.165) is 31.7 Å². The zero-order valence-electron chi connectivity index (χ0n) is 12.1. The molecule has 22 heavy (non-hydrogen) atoms. The molecule has 0 radical (unpaired) electrons. The van der Waals surface area contributed by atoms with Crippen LogP contribution in [-0.2, 0) is 0 Å². The first-order chi connectivity index (χ1) is 10.7. The highest BCUT2D eigenvalue weighted by molar-refractivity contribution is 6.43. The fraction of sp³-hybridized carbons (Fsp3) is 0.235. The zero-order valence-corrected chi connectivity index (χ0v) is 13.6. The number of anilines is 1. The lowest BCUT2D eigenvalue weighted by Gasteiger charge is -2.34. The summed E-state index contributed by atoms with van der Waals surface area (Å²) in [6.45, 7) is 3.71. The predicted molar refractivity (Wildman–Crippen MR) is 94.3 cm³/mol. The standard InChI is InChI=1S/C17H17Cl2N3/c18-16-8-4-5-14(17(16)19)13-20-22-11-9-21(10-12-22)15-6-2-1-3-7-15/h1-8,13H,9-12H2/b20-13-. The van der Waals surface area contributed by atoms with Crippen molar-refractivity contribution in [3.8, 4) is 0 Å². The fourth-order valence-electron chi connectivity index (χ4n) is 2.47. The van der Waals surface area contributed by atoms with Crippen molar-refractivity contribution in [2.75, 3.05) is 31.1 Å². The summed E-state index contributed by atoms with van der Waals surface area (Å²) >= 11 is 12.2. The molecule has 3 nitrogen and oxygen atoms in total. The third-order valence-electron chi connectivity index (χ3n) is 3.72. The van der Waals surface area contributed by atoms with Crippen LogP contribution in [0.5, 0.6) is 0 Å². The average molecular weight is 334 g/mol. The van der Waals surface area contributed by atoms with E-state index >= 15 is 0 Å². The Balaban J connectivity index is 1.60. The SMILES string of the molecule is Clc1cccc(/C=N\N2CCN(c3ccccc3)CC2)c1Cl. The van der Waals surface area contributed by atoms with E-state index in [2.05, 4.69) is 39.3 Å². The van der Waals surface area contributed by atoms with Gasteiger partial charge in [-0.25, -0.2) is 0 Å². The minimum atomic E-state index is 0.552. The van der Waals surface area contributed by atoms with Gasteiger partial charge in [0.2, 0.25) is 0 Å². The van der Waals surface area contributed by atoms with Crippen LogP contribution in [-0.4, -0.2) is 37.4 Å². The van der Waals surface area contributed by atoms with Gasteiger partial charge >= 0.3 is 0 Å². The maximum absolute atomic E-state index is 6.16. The van der Waals surface area contributed by atoms with Gasteiger partial charge in [0.25, 0.3) is 0 Å². The van der Waals surface area contributed by atoms with Crippen molar-refractivity contribution in [1.82, 2.24) is 5.01 Å². The third-order valence-corrected chi connectivity index (χ3v) is 4.55. The van der Waals surface area contributed by atoms with E-state index in [9.17, 15) is 0 Å². The zero-order chi connectivity index (χ0) is 15.4. The molecule has 1 saturated heterocycles. The molecule has 0 N–H and O–H groups in total. The molecule has 0 bridgehead atoms. The summed E-state index contributed by atoms with van der Waals surface area (Å²) in [7, 11) is 0. The summed E-state index contributed by atoms with van der Waals surface area (Å²) in [5, 5.41) is 7.70. The molecule has 114 valence electrons. The number of hydrogen-bond donors (Lipinski definition) is 0. The van der Waals surface area contributed by atoms with Gasteiger partial charge in [-0.15, -0.1) is 0 Å². The molecular formula is C17H17Cl2N3. The molecule has 0 aromatic heterocycles. The van der Waals surface area contributed by atoms with Crippen molar-refractivity contribution in [2.24, 2.45) is 5.10 Å². The first-order valence-corrected chi connectivity index (χ1v) is 8.02. The maximum atomic E-state index is 6.16. The number of nitrogens with zero attached hydrogens (tertiary/aromatic N) is 3. The van der Waals surface area contributed by atoms with Gasteiger partial charge in [0.05, 0.1) is 29.3 Å². The van der Waals surface area contributed by atoms with Crippen LogP contribution < -0.4 is 4.90 Å². The number of benzene rings is 2. The normalized spacial score (nSPS) is 15.5. The summed E-state index contributed by atoms with van der Waals surface area (Å²) in [5.74, 6) is 0. The van der Waals surface area contributed by atoms with Gasteiger partial charge in [-0.1, -0.05) is 53.5 Å². The lowest BCUT2D eigenvalue weighted by atomic mass is 10.2. The molecule has 1 aliphatic rings. The van der Waals surface area contributed by atoms with Crippen LogP contribution in [0.2, 0.25) is 10.0 Å². The Morgan fingerprint density at radius 1 is 0.864 bits per heavy atom. The van der Waals surface area contributed by atoms with E-state index in [1.807, 2.05) is 18.2 Å². The van der Waals surface area contributed by atoms with Crippen molar-refractivity contribution in [3.63, 3.8) is 0 Å². The molecule has 1 heterocycles. The molecule has 0 saturated carbocycles. The predicted octanol–water partition coefficient (Wildman–Crippen LogP) is 4.15. The topological polar surface area (TPSA) is 18.8 Å². The Morgan fingerprint density at radius 2 is 1.59 bits per heavy atom. The maximum Gasteiger partial charge on any atom is 0.0680 e. The Hall–Kier alpha value is -1.71. The molecule has 0 atom stereocenters. The molecule has 1 aliphatic heterocycles. The van der Waals surface area contributed by atoms with Crippen LogP contribution in [0.4, 0.5) is 5.69 Å². The fourth-order valence-corrected chi connectivity index (χ4v) is 2.83. The summed E-state index contributed by atoms with van der Waals surface area (Å²) in [6, 6.07) is 16.0. The molecule has 2 aromatic rings. The van der Waals surface area contributed by atoms with E-state index in [1.165, 1.54) is 5.69 Å². The van der Waals surface area contributed by atoms with Gasteiger partial charge < -0.3 is 4.90 Å². The van der Waals surface area contributed by atoms with Crippen LogP contribution in [0.25, 0.3) is 0 Å². The highest BCUT2D eigenvalue weighted by Crippen LogP contribution is 2.24. The van der Waals surface area contributed by atoms with Crippen molar-refractivity contribution < 1.29 is 0 Å². The molecular weight excluding hydrogens is 317 g/mol. The van der Waals surface area contributed by atoms with Crippen molar-refractivity contribution in [2.45, 2.75) is 0 Å². The van der Waals surface area contributed by atoms with Crippen molar-refractivity contribution in [1.29, 1.82) is 0 Å². The summed E-state index contributed by atoms with van der Waals surface area (Å²) < 4.78 is 0. The van der Waals surface area contributed by atoms with Gasteiger partial charge in [0.15, 0.2) is 0 Å². The van der Waals surface area contributed by atoms with E-state index < -0.39 is 0 Å². The molecule has 2 aromatic carbocycles. The first-order valence-electron chi connectivity index (χ1n) is 7.27. The second-order valence-corrected chi connectivity index (χ2v) is 5.95. The molecule has 0 spiro atoms. The monoisotopic (exact) mass is 333 g/mol. The minimum absolute atomic E-state index is 0.552. The molecule has 0 amide bonds. The molecule has 1 fully saturated rings. The number of rotatable bonds is 3. The Morgan fingerprint density at radius 3 is 2.32 bits per heavy atom. The third kappa shape index (κ3) is 3.54. The van der Waals surface area contributed by atoms with Crippen LogP contribution in [0.1, 0.15) is 5.56 Å². The molecule has 3 rings (SSSR count). The van der Waals surface area contributed by atoms with Gasteiger partial charge in [0.1, 0.15) is 0 Å². The minimum Gasteiger partial charge on any atom is -0.368 e. The van der Waals surface area contributed by atoms with E-state index in [1.54, 1.807) is 12.3 Å². The van der Waals surface area contributed by atoms with Gasteiger partial charge in [-0.3, -0.25) is 5.01 Å². The quantitative estimate of drug-likeness (QED) is 0.786. The molecule has 5 heteroatoms. The lowest BCUT2D eigenvalue weighted by molar-refractivity contribution is 0.272. The second-order valence-electron chi connectivity index (χ2n) is 5.16. The smallest absolute Gasteiger partial charge is 0.0680 e. The van der Waals surface area contributed by atoms with Crippen LogP contribution >= 0.6 is 23.2 Å². The largest absolute Gasteiger partial charge is 0.368 e. The van der Waals surface area contributed by atoms with Gasteiger partial charge in [-0.2, -0.15) is 5.10 Å². The Labute approximate surface area is 140 Å². The molecule has 0 aliphatic carbocycles. The molecule has 0 unspecified atom stereocenters. The van der Waals surface area contributed by atoms with Crippen molar-refractivity contribution >= 4 is 35.1 Å². The van der Waals surface area contributed by atoms with Gasteiger partial charge in [0, 0.05) is 24.3 Å². The second kappa shape index (κ2) is 7.03. The summed E-state index contributed by atoms with van der Waals surface area (Å²) in [6.07, 6.45) is 1.78. The van der Waals surface area contributed by atoms with E-state index in [0.29, 0.717) is 10.0 Å². The van der Waals surface area contributed by atoms with Crippen LogP contribution in [0.15, 0.2) is 53.6 Å². The number of hydrogen-bond acceptors (Lipinski definition) is 3. The average Bonchev–Trinajstić information content (AvgIpc) is 2.57. The van der Waals surface area contributed by atoms with Crippen molar-refractivity contribution in [3.05, 3.63) is 64.1 Å². The van der Waals surface area contributed by atoms with E-state index in [4.69, 9.17) is 23.2 Å².